The Hall–Kier alpha value is 0.780. The molecule has 1 aliphatic carbocycles. The summed E-state index contributed by atoms with van der Waals surface area (Å²) in [6, 6.07) is 2.79. The molecule has 0 amide bonds. The molecule has 2 rings (SSSR count). The van der Waals surface area contributed by atoms with Crippen LogP contribution in [-0.4, -0.2) is 17.5 Å². The average Bonchev–Trinajstić information content (AvgIpc) is 2.83. The van der Waals surface area contributed by atoms with Crippen LogP contribution in [0.5, 0.6) is 0 Å². The number of hydrogen-bond acceptors (Lipinski definition) is 3. The van der Waals surface area contributed by atoms with E-state index in [9.17, 15) is 0 Å². The maximum absolute atomic E-state index is 6.02. The Balaban J connectivity index is 1.87. The first-order valence-electron chi connectivity index (χ1n) is 5.40. The number of halogens is 2. The maximum atomic E-state index is 6.02. The van der Waals surface area contributed by atoms with E-state index in [-0.39, 0.29) is 0 Å². The Morgan fingerprint density at radius 3 is 3.06 bits per heavy atom. The molecule has 0 radical (unpaired) electrons. The van der Waals surface area contributed by atoms with E-state index in [2.05, 4.69) is 33.6 Å². The van der Waals surface area contributed by atoms with E-state index >= 15 is 0 Å². The van der Waals surface area contributed by atoms with Gasteiger partial charge in [-0.1, -0.05) is 18.0 Å². The van der Waals surface area contributed by atoms with Crippen molar-refractivity contribution < 1.29 is 0 Å². The first-order chi connectivity index (χ1) is 7.70. The van der Waals surface area contributed by atoms with Gasteiger partial charge in [0.1, 0.15) is 4.34 Å². The quantitative estimate of drug-likeness (QED) is 0.863. The molecule has 0 spiro atoms. The van der Waals surface area contributed by atoms with Gasteiger partial charge in [-0.2, -0.15) is 11.8 Å². The van der Waals surface area contributed by atoms with E-state index in [4.69, 9.17) is 11.6 Å². The molecule has 0 bridgehead atoms. The van der Waals surface area contributed by atoms with Gasteiger partial charge in [0.2, 0.25) is 0 Å². The van der Waals surface area contributed by atoms with Gasteiger partial charge in [-0.3, -0.25) is 0 Å². The minimum Gasteiger partial charge on any atom is -0.308 e. The summed E-state index contributed by atoms with van der Waals surface area (Å²) in [6.45, 7) is 0.942. The fourth-order valence-electron chi connectivity index (χ4n) is 2.15. The lowest BCUT2D eigenvalue weighted by atomic mass is 10.2. The summed E-state index contributed by atoms with van der Waals surface area (Å²) < 4.78 is 1.87. The summed E-state index contributed by atoms with van der Waals surface area (Å²) in [4.78, 5) is 1.31. The first-order valence-corrected chi connectivity index (χ1v) is 8.68. The molecule has 1 nitrogen and oxygen atoms in total. The Morgan fingerprint density at radius 1 is 1.62 bits per heavy atom. The largest absolute Gasteiger partial charge is 0.308 e. The van der Waals surface area contributed by atoms with Crippen LogP contribution in [0.2, 0.25) is 4.34 Å². The monoisotopic (exact) mass is 339 g/mol. The van der Waals surface area contributed by atoms with Gasteiger partial charge in [0, 0.05) is 27.2 Å². The summed E-state index contributed by atoms with van der Waals surface area (Å²) >= 11 is 13.1. The molecule has 90 valence electrons. The molecule has 0 aliphatic heterocycles. The molecule has 1 saturated carbocycles. The number of hydrogen-bond donors (Lipinski definition) is 1. The van der Waals surface area contributed by atoms with Crippen LogP contribution in [0.25, 0.3) is 0 Å². The second-order valence-corrected chi connectivity index (χ2v) is 7.70. The van der Waals surface area contributed by atoms with Crippen molar-refractivity contribution in [3.8, 4) is 0 Å². The third-order valence-electron chi connectivity index (χ3n) is 2.99. The van der Waals surface area contributed by atoms with Crippen molar-refractivity contribution in [2.45, 2.75) is 37.1 Å². The molecule has 1 fully saturated rings. The third kappa shape index (κ3) is 3.16. The first kappa shape index (κ1) is 13.2. The van der Waals surface area contributed by atoms with Crippen molar-refractivity contribution in [1.82, 2.24) is 5.32 Å². The normalized spacial score (nSPS) is 25.2. The standard InChI is InChI=1S/C11H15BrClNS2/c1-15-10-4-2-3-9(10)14-6-7-5-8(12)11(13)16-7/h5,9-10,14H,2-4,6H2,1H3. The summed E-state index contributed by atoms with van der Waals surface area (Å²) in [6.07, 6.45) is 6.24. The van der Waals surface area contributed by atoms with Gasteiger partial charge < -0.3 is 5.32 Å². The molecule has 1 N–H and O–H groups in total. The Morgan fingerprint density at radius 2 is 2.44 bits per heavy atom. The average molecular weight is 341 g/mol. The Bertz CT molecular complexity index is 336. The predicted molar refractivity (Wildman–Crippen MR) is 78.8 cm³/mol. The second-order valence-electron chi connectivity index (χ2n) is 4.03. The molecule has 5 heteroatoms. The molecular weight excluding hydrogens is 326 g/mol. The SMILES string of the molecule is CSC1CCCC1NCc1cc(Br)c(Cl)s1. The van der Waals surface area contributed by atoms with Crippen LogP contribution in [0.15, 0.2) is 10.5 Å². The van der Waals surface area contributed by atoms with E-state index in [0.717, 1.165) is 20.6 Å². The zero-order chi connectivity index (χ0) is 11.5. The summed E-state index contributed by atoms with van der Waals surface area (Å²) in [5.74, 6) is 0. The minimum absolute atomic E-state index is 0.676. The highest BCUT2D eigenvalue weighted by atomic mass is 79.9. The zero-order valence-electron chi connectivity index (χ0n) is 9.13. The number of rotatable bonds is 4. The van der Waals surface area contributed by atoms with Crippen LogP contribution in [0.3, 0.4) is 0 Å². The minimum atomic E-state index is 0.676. The molecular formula is C11H15BrClNS2. The summed E-state index contributed by atoms with van der Waals surface area (Å²) in [7, 11) is 0. The van der Waals surface area contributed by atoms with Gasteiger partial charge >= 0.3 is 0 Å². The fraction of sp³-hybridized carbons (Fsp3) is 0.636. The van der Waals surface area contributed by atoms with Gasteiger partial charge in [-0.25, -0.2) is 0 Å². The molecule has 1 heterocycles. The smallest absolute Gasteiger partial charge is 0.107 e. The second kappa shape index (κ2) is 6.10. The van der Waals surface area contributed by atoms with Crippen LogP contribution in [0.1, 0.15) is 24.1 Å². The van der Waals surface area contributed by atoms with Gasteiger partial charge in [0.15, 0.2) is 0 Å². The maximum Gasteiger partial charge on any atom is 0.107 e. The van der Waals surface area contributed by atoms with Crippen molar-refractivity contribution >= 4 is 50.6 Å². The Kier molecular flexibility index (Phi) is 5.04. The molecule has 0 saturated heterocycles. The van der Waals surface area contributed by atoms with E-state index in [1.165, 1.54) is 24.1 Å². The van der Waals surface area contributed by atoms with Crippen LogP contribution in [-0.2, 0) is 6.54 Å². The topological polar surface area (TPSA) is 12.0 Å². The summed E-state index contributed by atoms with van der Waals surface area (Å²) in [5, 5.41) is 4.44. The number of nitrogens with one attached hydrogen (secondary N) is 1. The number of thioether (sulfide) groups is 1. The molecule has 1 aliphatic rings. The molecule has 1 aromatic heterocycles. The highest BCUT2D eigenvalue weighted by Crippen LogP contribution is 2.33. The van der Waals surface area contributed by atoms with Crippen LogP contribution in [0.4, 0.5) is 0 Å². The van der Waals surface area contributed by atoms with E-state index < -0.39 is 0 Å². The Labute approximate surface area is 118 Å². The zero-order valence-corrected chi connectivity index (χ0v) is 13.1. The van der Waals surface area contributed by atoms with E-state index in [0.29, 0.717) is 6.04 Å². The van der Waals surface area contributed by atoms with E-state index in [1.807, 2.05) is 11.8 Å². The van der Waals surface area contributed by atoms with Crippen molar-refractivity contribution in [1.29, 1.82) is 0 Å². The molecule has 16 heavy (non-hydrogen) atoms. The molecule has 2 unspecified atom stereocenters. The van der Waals surface area contributed by atoms with Crippen molar-refractivity contribution in [2.75, 3.05) is 6.26 Å². The van der Waals surface area contributed by atoms with Crippen LogP contribution < -0.4 is 5.32 Å². The third-order valence-corrected chi connectivity index (χ3v) is 6.63. The number of thiophene rings is 1. The molecule has 1 aromatic rings. The predicted octanol–water partition coefficient (Wildman–Crippen LogP) is 4.54. The van der Waals surface area contributed by atoms with Crippen molar-refractivity contribution in [3.63, 3.8) is 0 Å². The van der Waals surface area contributed by atoms with Crippen LogP contribution in [0, 0.1) is 0 Å². The lowest BCUT2D eigenvalue weighted by Crippen LogP contribution is -2.33. The molecule has 2 atom stereocenters. The van der Waals surface area contributed by atoms with Crippen LogP contribution >= 0.6 is 50.6 Å². The van der Waals surface area contributed by atoms with Gasteiger partial charge in [0.05, 0.1) is 0 Å². The van der Waals surface area contributed by atoms with Crippen molar-refractivity contribution in [3.05, 3.63) is 19.8 Å². The summed E-state index contributed by atoms with van der Waals surface area (Å²) in [5.41, 5.74) is 0. The van der Waals surface area contributed by atoms with Gasteiger partial charge in [-0.05, 0) is 41.1 Å². The highest BCUT2D eigenvalue weighted by Gasteiger charge is 2.25. The fourth-order valence-corrected chi connectivity index (χ4v) is 4.86. The van der Waals surface area contributed by atoms with E-state index in [1.54, 1.807) is 11.3 Å². The van der Waals surface area contributed by atoms with Crippen molar-refractivity contribution in [2.24, 2.45) is 0 Å². The lowest BCUT2D eigenvalue weighted by molar-refractivity contribution is 0.535. The van der Waals surface area contributed by atoms with Gasteiger partial charge in [0.25, 0.3) is 0 Å². The highest BCUT2D eigenvalue weighted by molar-refractivity contribution is 9.10. The van der Waals surface area contributed by atoms with Gasteiger partial charge in [-0.15, -0.1) is 11.3 Å². The molecule has 0 aromatic carbocycles. The lowest BCUT2D eigenvalue weighted by Gasteiger charge is -2.18.